The first-order chi connectivity index (χ1) is 15.0. The smallest absolute Gasteiger partial charge is 0.278 e. The maximum Gasteiger partial charge on any atom is 0.278 e. The van der Waals surface area contributed by atoms with E-state index in [4.69, 9.17) is 11.6 Å². The fourth-order valence-electron chi connectivity index (χ4n) is 4.09. The van der Waals surface area contributed by atoms with Crippen molar-refractivity contribution in [3.05, 3.63) is 64.8 Å². The summed E-state index contributed by atoms with van der Waals surface area (Å²) in [6.07, 6.45) is 0. The fourth-order valence-corrected chi connectivity index (χ4v) is 4.21. The van der Waals surface area contributed by atoms with E-state index in [0.29, 0.717) is 28.4 Å². The molecule has 0 saturated carbocycles. The Morgan fingerprint density at radius 3 is 2.06 bits per heavy atom. The highest BCUT2D eigenvalue weighted by Crippen LogP contribution is 2.31. The van der Waals surface area contributed by atoms with Crippen molar-refractivity contribution in [3.8, 4) is 0 Å². The van der Waals surface area contributed by atoms with Gasteiger partial charge in [0.1, 0.15) is 5.70 Å². The number of amides is 2. The number of anilines is 2. The zero-order valence-electron chi connectivity index (χ0n) is 17.9. The molecule has 2 aromatic rings. The molecule has 4 rings (SSSR count). The number of halogens is 1. The molecule has 7 heteroatoms. The summed E-state index contributed by atoms with van der Waals surface area (Å²) < 4.78 is 0. The first kappa shape index (κ1) is 21.4. The zero-order chi connectivity index (χ0) is 22.0. The van der Waals surface area contributed by atoms with Crippen LogP contribution in [0.1, 0.15) is 19.4 Å². The summed E-state index contributed by atoms with van der Waals surface area (Å²) in [5.41, 5.74) is 3.29. The summed E-state index contributed by atoms with van der Waals surface area (Å²) in [5.74, 6) is -0.597. The van der Waals surface area contributed by atoms with Gasteiger partial charge in [0.2, 0.25) is 0 Å². The van der Waals surface area contributed by atoms with E-state index < -0.39 is 0 Å². The lowest BCUT2D eigenvalue weighted by Gasteiger charge is -2.35. The SMILES string of the molecule is CCN1CCN(c2ccc(NC3=C(c4ccc(Cl)cc4)C(=O)N(CC)C3=O)cc2)CC1. The summed E-state index contributed by atoms with van der Waals surface area (Å²) in [5, 5.41) is 3.78. The third-order valence-corrected chi connectivity index (χ3v) is 6.19. The van der Waals surface area contributed by atoms with E-state index in [1.807, 2.05) is 12.1 Å². The minimum absolute atomic E-state index is 0.289. The van der Waals surface area contributed by atoms with Crippen LogP contribution in [0.4, 0.5) is 11.4 Å². The van der Waals surface area contributed by atoms with Gasteiger partial charge in [-0.05, 0) is 55.4 Å². The van der Waals surface area contributed by atoms with E-state index in [2.05, 4.69) is 34.2 Å². The lowest BCUT2D eigenvalue weighted by atomic mass is 10.0. The summed E-state index contributed by atoms with van der Waals surface area (Å²) in [6, 6.07) is 15.0. The number of imide groups is 1. The molecule has 0 spiro atoms. The Balaban J connectivity index is 1.57. The van der Waals surface area contributed by atoms with Crippen LogP contribution in [0.3, 0.4) is 0 Å². The van der Waals surface area contributed by atoms with Gasteiger partial charge in [-0.2, -0.15) is 0 Å². The van der Waals surface area contributed by atoms with Gasteiger partial charge in [-0.1, -0.05) is 30.7 Å². The Kier molecular flexibility index (Phi) is 6.30. The molecule has 0 atom stereocenters. The van der Waals surface area contributed by atoms with Crippen LogP contribution >= 0.6 is 11.6 Å². The highest BCUT2D eigenvalue weighted by Gasteiger charge is 2.38. The van der Waals surface area contributed by atoms with E-state index in [0.717, 1.165) is 44.1 Å². The standard InChI is InChI=1S/C24H27ClN4O2/c1-3-27-13-15-28(16-14-27)20-11-9-19(10-12-20)26-22-21(17-5-7-18(25)8-6-17)23(30)29(4-2)24(22)31/h5-12,26H,3-4,13-16H2,1-2H3. The van der Waals surface area contributed by atoms with Crippen LogP contribution in [0, 0.1) is 0 Å². The lowest BCUT2D eigenvalue weighted by Crippen LogP contribution is -2.46. The van der Waals surface area contributed by atoms with Gasteiger partial charge in [0, 0.05) is 49.1 Å². The molecule has 0 aromatic heterocycles. The topological polar surface area (TPSA) is 55.9 Å². The van der Waals surface area contributed by atoms with Crippen molar-refractivity contribution in [1.29, 1.82) is 0 Å². The molecule has 2 aromatic carbocycles. The first-order valence-corrected chi connectivity index (χ1v) is 11.1. The molecule has 2 aliphatic heterocycles. The summed E-state index contributed by atoms with van der Waals surface area (Å²) in [7, 11) is 0. The Labute approximate surface area is 188 Å². The van der Waals surface area contributed by atoms with Crippen LogP contribution < -0.4 is 10.2 Å². The van der Waals surface area contributed by atoms with Crippen molar-refractivity contribution in [2.24, 2.45) is 0 Å². The van der Waals surface area contributed by atoms with Crippen LogP contribution in [-0.4, -0.2) is 60.9 Å². The van der Waals surface area contributed by atoms with Gasteiger partial charge in [0.25, 0.3) is 11.8 Å². The van der Waals surface area contributed by atoms with Gasteiger partial charge in [-0.3, -0.25) is 14.5 Å². The van der Waals surface area contributed by atoms with Crippen LogP contribution in [-0.2, 0) is 9.59 Å². The Morgan fingerprint density at radius 2 is 1.48 bits per heavy atom. The van der Waals surface area contributed by atoms with Crippen LogP contribution in [0.2, 0.25) is 5.02 Å². The molecule has 1 N–H and O–H groups in total. The molecular weight excluding hydrogens is 412 g/mol. The van der Waals surface area contributed by atoms with Crippen molar-refractivity contribution < 1.29 is 9.59 Å². The van der Waals surface area contributed by atoms with Crippen LogP contribution in [0.15, 0.2) is 54.2 Å². The molecular formula is C24H27ClN4O2. The second-order valence-corrected chi connectivity index (χ2v) is 8.14. The van der Waals surface area contributed by atoms with Gasteiger partial charge in [0.15, 0.2) is 0 Å². The van der Waals surface area contributed by atoms with E-state index in [-0.39, 0.29) is 11.8 Å². The van der Waals surface area contributed by atoms with Crippen LogP contribution in [0.5, 0.6) is 0 Å². The number of hydrogen-bond acceptors (Lipinski definition) is 5. The van der Waals surface area contributed by atoms with Crippen molar-refractivity contribution in [2.45, 2.75) is 13.8 Å². The van der Waals surface area contributed by atoms with E-state index in [1.54, 1.807) is 31.2 Å². The second-order valence-electron chi connectivity index (χ2n) is 7.70. The number of benzene rings is 2. The highest BCUT2D eigenvalue weighted by atomic mass is 35.5. The van der Waals surface area contributed by atoms with Gasteiger partial charge >= 0.3 is 0 Å². The van der Waals surface area contributed by atoms with Gasteiger partial charge in [0.05, 0.1) is 5.57 Å². The summed E-state index contributed by atoms with van der Waals surface area (Å²) in [4.78, 5) is 31.9. The minimum Gasteiger partial charge on any atom is -0.369 e. The molecule has 0 unspecified atom stereocenters. The molecule has 1 saturated heterocycles. The zero-order valence-corrected chi connectivity index (χ0v) is 18.7. The average Bonchev–Trinajstić information content (AvgIpc) is 3.03. The van der Waals surface area contributed by atoms with E-state index >= 15 is 0 Å². The van der Waals surface area contributed by atoms with Crippen molar-refractivity contribution in [3.63, 3.8) is 0 Å². The van der Waals surface area contributed by atoms with E-state index in [9.17, 15) is 9.59 Å². The maximum atomic E-state index is 12.9. The number of hydrogen-bond donors (Lipinski definition) is 1. The van der Waals surface area contributed by atoms with Gasteiger partial charge < -0.3 is 15.1 Å². The molecule has 2 heterocycles. The third kappa shape index (κ3) is 4.31. The van der Waals surface area contributed by atoms with Gasteiger partial charge in [-0.15, -0.1) is 0 Å². The molecule has 0 bridgehead atoms. The molecule has 162 valence electrons. The van der Waals surface area contributed by atoms with Crippen molar-refractivity contribution in [1.82, 2.24) is 9.80 Å². The predicted molar refractivity (Wildman–Crippen MR) is 125 cm³/mol. The van der Waals surface area contributed by atoms with Crippen molar-refractivity contribution in [2.75, 3.05) is 49.5 Å². The maximum absolute atomic E-state index is 12.9. The Hall–Kier alpha value is -2.83. The molecule has 0 radical (unpaired) electrons. The Bertz CT molecular complexity index is 993. The molecule has 31 heavy (non-hydrogen) atoms. The Morgan fingerprint density at radius 1 is 0.839 bits per heavy atom. The number of rotatable bonds is 6. The summed E-state index contributed by atoms with van der Waals surface area (Å²) >= 11 is 6.00. The largest absolute Gasteiger partial charge is 0.369 e. The number of piperazine rings is 1. The summed E-state index contributed by atoms with van der Waals surface area (Å²) in [6.45, 7) is 9.54. The number of likely N-dealkylation sites (N-methyl/N-ethyl adjacent to an activating group) is 2. The predicted octanol–water partition coefficient (Wildman–Crippen LogP) is 3.69. The molecule has 1 fully saturated rings. The normalized spacial score (nSPS) is 17.6. The van der Waals surface area contributed by atoms with Gasteiger partial charge in [-0.25, -0.2) is 0 Å². The lowest BCUT2D eigenvalue weighted by molar-refractivity contribution is -0.136. The first-order valence-electron chi connectivity index (χ1n) is 10.7. The third-order valence-electron chi connectivity index (χ3n) is 5.94. The van der Waals surface area contributed by atoms with Crippen molar-refractivity contribution >= 4 is 40.4 Å². The average molecular weight is 439 g/mol. The van der Waals surface area contributed by atoms with Crippen LogP contribution in [0.25, 0.3) is 5.57 Å². The monoisotopic (exact) mass is 438 g/mol. The highest BCUT2D eigenvalue weighted by molar-refractivity contribution is 6.36. The minimum atomic E-state index is -0.308. The van der Waals surface area contributed by atoms with E-state index in [1.165, 1.54) is 4.90 Å². The molecule has 0 aliphatic carbocycles. The number of carbonyl (C=O) groups is 2. The fraction of sp³-hybridized carbons (Fsp3) is 0.333. The second kappa shape index (κ2) is 9.12. The molecule has 2 aliphatic rings. The number of carbonyl (C=O) groups excluding carboxylic acids is 2. The number of nitrogens with zero attached hydrogens (tertiary/aromatic N) is 3. The molecule has 2 amide bonds. The number of nitrogens with one attached hydrogen (secondary N) is 1. The quantitative estimate of drug-likeness (QED) is 0.697. The molecule has 6 nitrogen and oxygen atoms in total.